The number of hydrogen-bond donors (Lipinski definition) is 1. The standard InChI is InChI=1S/C21H21NO6S/c1-3-17(23)21-18(24)10-14(11-19(21)25)13-4-6-15(7-5-13)28-20-9-8-16(12-22-20)29(2,26)27/h4-9,12,14,24H,3,10-11H2,1-2H3. The van der Waals surface area contributed by atoms with Crippen LogP contribution in [0.25, 0.3) is 0 Å². The molecule has 1 aliphatic carbocycles. The van der Waals surface area contributed by atoms with Gasteiger partial charge in [0.25, 0.3) is 0 Å². The summed E-state index contributed by atoms with van der Waals surface area (Å²) >= 11 is 0. The Hall–Kier alpha value is -3.00. The van der Waals surface area contributed by atoms with Gasteiger partial charge in [0.15, 0.2) is 21.4 Å². The second kappa shape index (κ2) is 8.16. The number of ketones is 2. The number of benzene rings is 1. The first-order valence-electron chi connectivity index (χ1n) is 9.11. The first-order valence-corrected chi connectivity index (χ1v) is 11.0. The van der Waals surface area contributed by atoms with Gasteiger partial charge in [-0.1, -0.05) is 19.1 Å². The maximum atomic E-state index is 12.3. The van der Waals surface area contributed by atoms with E-state index in [4.69, 9.17) is 4.74 Å². The number of hydrogen-bond acceptors (Lipinski definition) is 7. The predicted octanol–water partition coefficient (Wildman–Crippen LogP) is 3.52. The number of pyridine rings is 1. The van der Waals surface area contributed by atoms with Crippen molar-refractivity contribution >= 4 is 21.4 Å². The number of Topliss-reactive ketones (excluding diaryl/α,β-unsaturated/α-hetero) is 2. The van der Waals surface area contributed by atoms with Crippen LogP contribution in [0, 0.1) is 0 Å². The van der Waals surface area contributed by atoms with Gasteiger partial charge in [-0.05, 0) is 29.7 Å². The summed E-state index contributed by atoms with van der Waals surface area (Å²) in [6.07, 6.45) is 2.92. The summed E-state index contributed by atoms with van der Waals surface area (Å²) in [7, 11) is -3.32. The Balaban J connectivity index is 1.72. The number of nitrogens with zero attached hydrogens (tertiary/aromatic N) is 1. The molecule has 1 aromatic carbocycles. The molecule has 1 atom stereocenters. The molecule has 8 heteroatoms. The summed E-state index contributed by atoms with van der Waals surface area (Å²) in [6, 6.07) is 9.89. The summed E-state index contributed by atoms with van der Waals surface area (Å²) in [4.78, 5) is 28.2. The van der Waals surface area contributed by atoms with Crippen molar-refractivity contribution < 1.29 is 27.9 Å². The smallest absolute Gasteiger partial charge is 0.219 e. The van der Waals surface area contributed by atoms with Crippen LogP contribution < -0.4 is 4.74 Å². The van der Waals surface area contributed by atoms with E-state index in [2.05, 4.69) is 4.98 Å². The Kier molecular flexibility index (Phi) is 5.83. The number of carbonyl (C=O) groups is 2. The van der Waals surface area contributed by atoms with Gasteiger partial charge >= 0.3 is 0 Å². The van der Waals surface area contributed by atoms with Crippen molar-refractivity contribution in [2.24, 2.45) is 0 Å². The average molecular weight is 415 g/mol. The lowest BCUT2D eigenvalue weighted by Gasteiger charge is -2.23. The molecule has 1 N–H and O–H groups in total. The average Bonchev–Trinajstić information content (AvgIpc) is 2.67. The van der Waals surface area contributed by atoms with E-state index in [0.717, 1.165) is 11.8 Å². The first kappa shape index (κ1) is 20.7. The highest BCUT2D eigenvalue weighted by Gasteiger charge is 2.31. The zero-order valence-electron chi connectivity index (χ0n) is 16.1. The van der Waals surface area contributed by atoms with Gasteiger partial charge in [-0.2, -0.15) is 0 Å². The van der Waals surface area contributed by atoms with Gasteiger partial charge in [0.1, 0.15) is 11.5 Å². The fourth-order valence-electron chi connectivity index (χ4n) is 3.20. The van der Waals surface area contributed by atoms with E-state index < -0.39 is 9.84 Å². The van der Waals surface area contributed by atoms with E-state index in [1.165, 1.54) is 18.3 Å². The third-order valence-electron chi connectivity index (χ3n) is 4.75. The van der Waals surface area contributed by atoms with Crippen molar-refractivity contribution in [3.8, 4) is 11.6 Å². The molecule has 7 nitrogen and oxygen atoms in total. The highest BCUT2D eigenvalue weighted by molar-refractivity contribution is 7.90. The van der Waals surface area contributed by atoms with Gasteiger partial charge in [0.2, 0.25) is 5.88 Å². The highest BCUT2D eigenvalue weighted by atomic mass is 32.2. The maximum Gasteiger partial charge on any atom is 0.219 e. The number of rotatable bonds is 6. The lowest BCUT2D eigenvalue weighted by Crippen LogP contribution is -2.23. The fraction of sp³-hybridized carbons (Fsp3) is 0.286. The lowest BCUT2D eigenvalue weighted by atomic mass is 9.81. The lowest BCUT2D eigenvalue weighted by molar-refractivity contribution is -0.122. The minimum atomic E-state index is -3.32. The third-order valence-corrected chi connectivity index (χ3v) is 5.85. The minimum Gasteiger partial charge on any atom is -0.511 e. The summed E-state index contributed by atoms with van der Waals surface area (Å²) in [5, 5.41) is 10.2. The number of aromatic nitrogens is 1. The fourth-order valence-corrected chi connectivity index (χ4v) is 3.76. The number of ether oxygens (including phenoxy) is 1. The second-order valence-electron chi connectivity index (χ2n) is 6.90. The Morgan fingerprint density at radius 2 is 1.86 bits per heavy atom. The molecule has 2 aromatic rings. The first-order chi connectivity index (χ1) is 13.7. The molecule has 0 radical (unpaired) electrons. The highest BCUT2D eigenvalue weighted by Crippen LogP contribution is 2.35. The van der Waals surface area contributed by atoms with Gasteiger partial charge in [-0.3, -0.25) is 9.59 Å². The molecule has 152 valence electrons. The molecule has 0 amide bonds. The van der Waals surface area contributed by atoms with Crippen molar-refractivity contribution in [3.05, 3.63) is 59.5 Å². The second-order valence-corrected chi connectivity index (χ2v) is 8.92. The normalized spacial score (nSPS) is 17.3. The van der Waals surface area contributed by atoms with Crippen molar-refractivity contribution in [1.82, 2.24) is 4.98 Å². The van der Waals surface area contributed by atoms with E-state index in [1.54, 1.807) is 31.2 Å². The molecular weight excluding hydrogens is 394 g/mol. The van der Waals surface area contributed by atoms with Crippen LogP contribution in [-0.4, -0.2) is 36.3 Å². The molecule has 3 rings (SSSR count). The zero-order valence-corrected chi connectivity index (χ0v) is 16.9. The molecule has 1 aliphatic rings. The minimum absolute atomic E-state index is 0.0627. The molecule has 0 saturated carbocycles. The third kappa shape index (κ3) is 4.71. The number of aliphatic hydroxyl groups is 1. The van der Waals surface area contributed by atoms with E-state index in [-0.39, 0.29) is 58.9 Å². The molecule has 0 saturated heterocycles. The molecular formula is C21H21NO6S. The van der Waals surface area contributed by atoms with Crippen LogP contribution in [0.15, 0.2) is 58.8 Å². The molecule has 29 heavy (non-hydrogen) atoms. The van der Waals surface area contributed by atoms with E-state index in [1.807, 2.05) is 0 Å². The molecule has 1 heterocycles. The number of carbonyl (C=O) groups excluding carboxylic acids is 2. The van der Waals surface area contributed by atoms with Gasteiger partial charge in [0, 0.05) is 37.8 Å². The van der Waals surface area contributed by atoms with E-state index in [0.29, 0.717) is 5.75 Å². The van der Waals surface area contributed by atoms with Crippen LogP contribution in [0.4, 0.5) is 0 Å². The van der Waals surface area contributed by atoms with E-state index >= 15 is 0 Å². The Labute approximate surface area is 169 Å². The summed E-state index contributed by atoms with van der Waals surface area (Å²) < 4.78 is 28.6. The van der Waals surface area contributed by atoms with Crippen LogP contribution in [0.1, 0.15) is 37.7 Å². The van der Waals surface area contributed by atoms with Crippen LogP contribution >= 0.6 is 0 Å². The quantitative estimate of drug-likeness (QED) is 0.719. The van der Waals surface area contributed by atoms with Gasteiger partial charge in [0.05, 0.1) is 10.5 Å². The molecule has 0 fully saturated rings. The Morgan fingerprint density at radius 3 is 2.38 bits per heavy atom. The molecule has 1 aromatic heterocycles. The van der Waals surface area contributed by atoms with Crippen molar-refractivity contribution in [1.29, 1.82) is 0 Å². The van der Waals surface area contributed by atoms with Gasteiger partial charge in [-0.25, -0.2) is 13.4 Å². The summed E-state index contributed by atoms with van der Waals surface area (Å²) in [5.74, 6) is -0.269. The van der Waals surface area contributed by atoms with Crippen LogP contribution in [0.2, 0.25) is 0 Å². The predicted molar refractivity (Wildman–Crippen MR) is 106 cm³/mol. The zero-order chi connectivity index (χ0) is 21.2. The molecule has 0 aliphatic heterocycles. The van der Waals surface area contributed by atoms with Gasteiger partial charge in [-0.15, -0.1) is 0 Å². The number of sulfone groups is 1. The van der Waals surface area contributed by atoms with Crippen molar-refractivity contribution in [3.63, 3.8) is 0 Å². The monoisotopic (exact) mass is 415 g/mol. The van der Waals surface area contributed by atoms with Crippen molar-refractivity contribution in [2.45, 2.75) is 37.0 Å². The van der Waals surface area contributed by atoms with Crippen LogP contribution in [-0.2, 0) is 19.4 Å². The van der Waals surface area contributed by atoms with Crippen LogP contribution in [0.3, 0.4) is 0 Å². The van der Waals surface area contributed by atoms with Crippen LogP contribution in [0.5, 0.6) is 11.6 Å². The topological polar surface area (TPSA) is 111 Å². The Morgan fingerprint density at radius 1 is 1.17 bits per heavy atom. The molecule has 0 bridgehead atoms. The SMILES string of the molecule is CCC(=O)C1=C(O)CC(c2ccc(Oc3ccc(S(C)(=O)=O)cn3)cc2)CC1=O. The van der Waals surface area contributed by atoms with Crippen molar-refractivity contribution in [2.75, 3.05) is 6.26 Å². The maximum absolute atomic E-state index is 12.3. The Bertz CT molecular complexity index is 1070. The number of aliphatic hydroxyl groups excluding tert-OH is 1. The summed E-state index contributed by atoms with van der Waals surface area (Å²) in [5.41, 5.74) is 0.785. The van der Waals surface area contributed by atoms with E-state index in [9.17, 15) is 23.1 Å². The number of allylic oxidation sites excluding steroid dienone is 2. The van der Waals surface area contributed by atoms with Gasteiger partial charge < -0.3 is 9.84 Å². The summed E-state index contributed by atoms with van der Waals surface area (Å²) in [6.45, 7) is 1.66. The largest absolute Gasteiger partial charge is 0.511 e. The molecule has 1 unspecified atom stereocenters. The molecule has 0 spiro atoms.